The summed E-state index contributed by atoms with van der Waals surface area (Å²) in [4.78, 5) is 16.2. The van der Waals surface area contributed by atoms with E-state index in [4.69, 9.17) is 0 Å². The van der Waals surface area contributed by atoms with Gasteiger partial charge in [0.05, 0.1) is 5.75 Å². The molecule has 0 aliphatic heterocycles. The smallest absolute Gasteiger partial charge is 0.227 e. The molecule has 1 aliphatic carbocycles. The molecule has 1 atom stereocenters. The molecule has 3 N–H and O–H groups in total. The lowest BCUT2D eigenvalue weighted by molar-refractivity contribution is -0.122. The first kappa shape index (κ1) is 24.7. The lowest BCUT2D eigenvalue weighted by Crippen LogP contribution is -2.42. The van der Waals surface area contributed by atoms with Crippen molar-refractivity contribution in [3.05, 3.63) is 29.8 Å². The van der Waals surface area contributed by atoms with E-state index in [1.165, 1.54) is 6.26 Å². The van der Waals surface area contributed by atoms with E-state index in [1.54, 1.807) is 7.05 Å². The van der Waals surface area contributed by atoms with Crippen molar-refractivity contribution in [3.63, 3.8) is 0 Å². The first-order valence-corrected chi connectivity index (χ1v) is 11.4. The van der Waals surface area contributed by atoms with E-state index >= 15 is 0 Å². The number of sulfone groups is 1. The zero-order valence-electron chi connectivity index (χ0n) is 16.7. The number of guanidine groups is 1. The van der Waals surface area contributed by atoms with Crippen LogP contribution in [-0.4, -0.2) is 45.4 Å². The fourth-order valence-electron chi connectivity index (χ4n) is 2.75. The van der Waals surface area contributed by atoms with Crippen LogP contribution in [0, 0.1) is 5.92 Å². The van der Waals surface area contributed by atoms with Crippen LogP contribution in [0.4, 0.5) is 5.69 Å². The summed E-state index contributed by atoms with van der Waals surface area (Å²) in [5.41, 5.74) is 1.82. The summed E-state index contributed by atoms with van der Waals surface area (Å²) in [6, 6.07) is 7.72. The highest BCUT2D eigenvalue weighted by Crippen LogP contribution is 2.27. The van der Waals surface area contributed by atoms with Crippen molar-refractivity contribution in [1.82, 2.24) is 10.6 Å². The third kappa shape index (κ3) is 8.76. The molecule has 1 unspecified atom stereocenters. The van der Waals surface area contributed by atoms with Crippen molar-refractivity contribution in [3.8, 4) is 0 Å². The maximum atomic E-state index is 12.1. The number of nitrogens with zero attached hydrogens (tertiary/aromatic N) is 1. The number of halogens is 1. The normalized spacial score (nSPS) is 15.8. The minimum absolute atomic E-state index is 0. The first-order chi connectivity index (χ1) is 12.8. The van der Waals surface area contributed by atoms with Crippen LogP contribution in [0.1, 0.15) is 38.2 Å². The Bertz CT molecular complexity index is 779. The molecule has 1 aromatic carbocycles. The van der Waals surface area contributed by atoms with Crippen LogP contribution in [0.2, 0.25) is 0 Å². The Morgan fingerprint density at radius 1 is 1.32 bits per heavy atom. The SMILES string of the molecule is CN=C(NCc1cccc(NC(=O)C2CCC2)c1)NC(C)CCS(C)(=O)=O.I. The van der Waals surface area contributed by atoms with Crippen molar-refractivity contribution < 1.29 is 13.2 Å². The summed E-state index contributed by atoms with van der Waals surface area (Å²) in [5, 5.41) is 9.39. The molecule has 0 heterocycles. The Balaban J connectivity index is 0.00000392. The Labute approximate surface area is 185 Å². The number of carbonyl (C=O) groups is 1. The molecule has 1 aromatic rings. The lowest BCUT2D eigenvalue weighted by atomic mass is 9.85. The third-order valence-electron chi connectivity index (χ3n) is 4.66. The molecule has 9 heteroatoms. The van der Waals surface area contributed by atoms with E-state index in [-0.39, 0.29) is 47.6 Å². The number of rotatable bonds is 8. The minimum Gasteiger partial charge on any atom is -0.354 e. The molecule has 1 aliphatic rings. The molecule has 0 aromatic heterocycles. The predicted octanol–water partition coefficient (Wildman–Crippen LogP) is 2.53. The monoisotopic (exact) mass is 522 g/mol. The van der Waals surface area contributed by atoms with Gasteiger partial charge in [-0.05, 0) is 43.9 Å². The van der Waals surface area contributed by atoms with Crippen molar-refractivity contribution >= 4 is 51.4 Å². The second kappa shape index (κ2) is 11.6. The van der Waals surface area contributed by atoms with E-state index in [0.717, 1.165) is 30.5 Å². The molecule has 0 spiro atoms. The first-order valence-electron chi connectivity index (χ1n) is 9.31. The van der Waals surface area contributed by atoms with E-state index in [0.29, 0.717) is 18.9 Å². The molecule has 1 saturated carbocycles. The Kier molecular flexibility index (Phi) is 10.2. The molecular weight excluding hydrogens is 491 g/mol. The van der Waals surface area contributed by atoms with Gasteiger partial charge >= 0.3 is 0 Å². The van der Waals surface area contributed by atoms with Crippen LogP contribution in [0.15, 0.2) is 29.3 Å². The third-order valence-corrected chi connectivity index (χ3v) is 5.64. The van der Waals surface area contributed by atoms with Gasteiger partial charge in [-0.2, -0.15) is 0 Å². The number of anilines is 1. The van der Waals surface area contributed by atoms with Crippen molar-refractivity contribution in [2.24, 2.45) is 10.9 Å². The van der Waals surface area contributed by atoms with Crippen LogP contribution in [0.3, 0.4) is 0 Å². The summed E-state index contributed by atoms with van der Waals surface area (Å²) < 4.78 is 22.5. The van der Waals surface area contributed by atoms with E-state index in [1.807, 2.05) is 31.2 Å². The topological polar surface area (TPSA) is 99.7 Å². The molecule has 158 valence electrons. The molecule has 28 heavy (non-hydrogen) atoms. The van der Waals surface area contributed by atoms with Gasteiger partial charge in [-0.15, -0.1) is 24.0 Å². The number of nitrogens with one attached hydrogen (secondary N) is 3. The lowest BCUT2D eigenvalue weighted by Gasteiger charge is -2.24. The van der Waals surface area contributed by atoms with Crippen LogP contribution in [-0.2, 0) is 21.2 Å². The maximum absolute atomic E-state index is 12.1. The van der Waals surface area contributed by atoms with Crippen LogP contribution in [0.25, 0.3) is 0 Å². The number of carbonyl (C=O) groups excluding carboxylic acids is 1. The van der Waals surface area contributed by atoms with E-state index < -0.39 is 9.84 Å². The second-order valence-electron chi connectivity index (χ2n) is 7.21. The highest BCUT2D eigenvalue weighted by Gasteiger charge is 2.25. The summed E-state index contributed by atoms with van der Waals surface area (Å²) in [6.07, 6.45) is 4.85. The second-order valence-corrected chi connectivity index (χ2v) is 9.47. The molecule has 1 fully saturated rings. The molecule has 7 nitrogen and oxygen atoms in total. The summed E-state index contributed by atoms with van der Waals surface area (Å²) in [5.74, 6) is 1.01. The number of benzene rings is 1. The van der Waals surface area contributed by atoms with Gasteiger partial charge in [0.2, 0.25) is 5.91 Å². The van der Waals surface area contributed by atoms with Crippen molar-refractivity contribution in [2.45, 2.75) is 45.2 Å². The molecular formula is C19H31IN4O3S. The van der Waals surface area contributed by atoms with Gasteiger partial charge < -0.3 is 16.0 Å². The number of aliphatic imine (C=N–C) groups is 1. The Morgan fingerprint density at radius 3 is 2.61 bits per heavy atom. The van der Waals surface area contributed by atoms with Crippen molar-refractivity contribution in [2.75, 3.05) is 24.4 Å². The molecule has 0 bridgehead atoms. The van der Waals surface area contributed by atoms with Crippen LogP contribution >= 0.6 is 24.0 Å². The number of hydrogen-bond donors (Lipinski definition) is 3. The van der Waals surface area contributed by atoms with E-state index in [9.17, 15) is 13.2 Å². The van der Waals surface area contributed by atoms with Gasteiger partial charge in [-0.3, -0.25) is 9.79 Å². The van der Waals surface area contributed by atoms with Crippen LogP contribution < -0.4 is 16.0 Å². The van der Waals surface area contributed by atoms with Crippen molar-refractivity contribution in [1.29, 1.82) is 0 Å². The van der Waals surface area contributed by atoms with Gasteiger partial charge in [0.1, 0.15) is 9.84 Å². The summed E-state index contributed by atoms with van der Waals surface area (Å²) >= 11 is 0. The van der Waals surface area contributed by atoms with Gasteiger partial charge in [-0.25, -0.2) is 8.42 Å². The molecule has 2 rings (SSSR count). The fraction of sp³-hybridized carbons (Fsp3) is 0.579. The average Bonchev–Trinajstić information content (AvgIpc) is 2.54. The molecule has 0 radical (unpaired) electrons. The van der Waals surface area contributed by atoms with E-state index in [2.05, 4.69) is 20.9 Å². The Hall–Kier alpha value is -1.36. The predicted molar refractivity (Wildman–Crippen MR) is 125 cm³/mol. The minimum atomic E-state index is -2.97. The standard InChI is InChI=1S/C19H30N4O3S.HI/c1-14(10-11-27(3,25)26)22-19(20-2)21-13-15-6-4-9-17(12-15)23-18(24)16-7-5-8-16;/h4,6,9,12,14,16H,5,7-8,10-11,13H2,1-3H3,(H,23,24)(H2,20,21,22);1H. The molecule has 0 saturated heterocycles. The molecule has 1 amide bonds. The highest BCUT2D eigenvalue weighted by molar-refractivity contribution is 14.0. The quantitative estimate of drug-likeness (QED) is 0.277. The fourth-order valence-corrected chi connectivity index (χ4v) is 3.53. The van der Waals surface area contributed by atoms with Crippen LogP contribution in [0.5, 0.6) is 0 Å². The van der Waals surface area contributed by atoms with Gasteiger partial charge in [0.25, 0.3) is 0 Å². The zero-order valence-corrected chi connectivity index (χ0v) is 19.8. The van der Waals surface area contributed by atoms with Gasteiger partial charge in [0.15, 0.2) is 5.96 Å². The average molecular weight is 522 g/mol. The summed E-state index contributed by atoms with van der Waals surface area (Å²) in [6.45, 7) is 2.47. The number of amides is 1. The zero-order chi connectivity index (χ0) is 19.9. The largest absolute Gasteiger partial charge is 0.354 e. The highest BCUT2D eigenvalue weighted by atomic mass is 127. The Morgan fingerprint density at radius 2 is 2.04 bits per heavy atom. The van der Waals surface area contributed by atoms with Gasteiger partial charge in [-0.1, -0.05) is 18.6 Å². The number of hydrogen-bond acceptors (Lipinski definition) is 4. The summed E-state index contributed by atoms with van der Waals surface area (Å²) in [7, 11) is -1.30. The maximum Gasteiger partial charge on any atom is 0.227 e. The van der Waals surface area contributed by atoms with Gasteiger partial charge in [0, 0.05) is 37.5 Å².